The molecule has 5 heteroatoms. The van der Waals surface area contributed by atoms with Crippen LogP contribution >= 0.6 is 15.9 Å². The Bertz CT molecular complexity index is 282. The van der Waals surface area contributed by atoms with Crippen molar-refractivity contribution in [1.29, 1.82) is 0 Å². The third kappa shape index (κ3) is 1.98. The lowest BCUT2D eigenvalue weighted by atomic mass is 10.6. The van der Waals surface area contributed by atoms with Crippen molar-refractivity contribution in [3.05, 3.63) is 16.7 Å². The molecule has 1 aromatic rings. The summed E-state index contributed by atoms with van der Waals surface area (Å²) in [7, 11) is 0. The fraction of sp³-hybridized carbons (Fsp3) is 0.167. The lowest BCUT2D eigenvalue weighted by molar-refractivity contribution is -0.132. The van der Waals surface area contributed by atoms with Gasteiger partial charge >= 0.3 is 5.97 Å². The molecule has 1 heterocycles. The summed E-state index contributed by atoms with van der Waals surface area (Å²) in [6, 6.07) is 1.61. The van der Waals surface area contributed by atoms with Gasteiger partial charge in [-0.3, -0.25) is 4.79 Å². The molecule has 0 amide bonds. The van der Waals surface area contributed by atoms with Gasteiger partial charge in [0.25, 0.3) is 0 Å². The van der Waals surface area contributed by atoms with Crippen LogP contribution in [0.15, 0.2) is 16.7 Å². The first-order valence-corrected chi connectivity index (χ1v) is 3.70. The lowest BCUT2D eigenvalue weighted by Crippen LogP contribution is -2.12. The van der Waals surface area contributed by atoms with Gasteiger partial charge in [0.15, 0.2) is 0 Å². The molecule has 0 spiro atoms. The van der Waals surface area contributed by atoms with Gasteiger partial charge in [0.2, 0.25) is 5.88 Å². The molecule has 0 saturated heterocycles. The summed E-state index contributed by atoms with van der Waals surface area (Å²) >= 11 is 3.18. The van der Waals surface area contributed by atoms with E-state index in [1.54, 1.807) is 12.3 Å². The van der Waals surface area contributed by atoms with Gasteiger partial charge in [0.1, 0.15) is 0 Å². The van der Waals surface area contributed by atoms with Crippen LogP contribution in [0.5, 0.6) is 5.88 Å². The second-order valence-electron chi connectivity index (χ2n) is 2.00. The van der Waals surface area contributed by atoms with Gasteiger partial charge in [-0.15, -0.1) is 0 Å². The minimum Gasteiger partial charge on any atom is -0.408 e. The summed E-state index contributed by atoms with van der Waals surface area (Å²) in [5.41, 5.74) is 0. The number of esters is 1. The van der Waals surface area contributed by atoms with E-state index in [4.69, 9.17) is 10.6 Å². The highest BCUT2D eigenvalue weighted by atomic mass is 79.9. The highest BCUT2D eigenvalue weighted by Gasteiger charge is 2.04. The molecule has 0 aliphatic rings. The van der Waals surface area contributed by atoms with Gasteiger partial charge < -0.3 is 10.6 Å². The number of carbonyl (C=O) groups excluding carboxylic acids is 1. The van der Waals surface area contributed by atoms with Crippen molar-refractivity contribution in [3.63, 3.8) is 0 Å². The van der Waals surface area contributed by atoms with Gasteiger partial charge in [-0.25, -0.2) is 4.68 Å². The zero-order valence-electron chi connectivity index (χ0n) is 5.87. The number of rotatable bonds is 1. The number of halogens is 1. The van der Waals surface area contributed by atoms with Crippen LogP contribution in [0.1, 0.15) is 6.92 Å². The van der Waals surface area contributed by atoms with Crippen LogP contribution in [0.3, 0.4) is 0 Å². The van der Waals surface area contributed by atoms with Crippen LogP contribution < -0.4 is 10.6 Å². The van der Waals surface area contributed by atoms with Crippen molar-refractivity contribution in [2.45, 2.75) is 6.92 Å². The van der Waals surface area contributed by atoms with E-state index >= 15 is 0 Å². The Morgan fingerprint density at radius 1 is 1.82 bits per heavy atom. The van der Waals surface area contributed by atoms with Crippen LogP contribution in [0, 0.1) is 0 Å². The Morgan fingerprint density at radius 3 is 2.82 bits per heavy atom. The second kappa shape index (κ2) is 2.96. The summed E-state index contributed by atoms with van der Waals surface area (Å²) in [5.74, 6) is 5.34. The average molecular weight is 219 g/mol. The van der Waals surface area contributed by atoms with Gasteiger partial charge in [-0.05, 0) is 15.9 Å². The summed E-state index contributed by atoms with van der Waals surface area (Å²) < 4.78 is 6.74. The van der Waals surface area contributed by atoms with Crippen LogP contribution in [-0.4, -0.2) is 10.6 Å². The van der Waals surface area contributed by atoms with E-state index in [-0.39, 0.29) is 5.97 Å². The van der Waals surface area contributed by atoms with Crippen molar-refractivity contribution in [2.24, 2.45) is 0 Å². The van der Waals surface area contributed by atoms with Crippen molar-refractivity contribution in [1.82, 2.24) is 4.68 Å². The largest absolute Gasteiger partial charge is 0.408 e. The maximum absolute atomic E-state index is 10.5. The highest BCUT2D eigenvalue weighted by molar-refractivity contribution is 9.10. The van der Waals surface area contributed by atoms with E-state index in [0.717, 1.165) is 4.47 Å². The predicted octanol–water partition coefficient (Wildman–Crippen LogP) is 0.890. The highest BCUT2D eigenvalue weighted by Crippen LogP contribution is 2.18. The summed E-state index contributed by atoms with van der Waals surface area (Å²) in [6.07, 6.45) is 1.60. The van der Waals surface area contributed by atoms with Crippen LogP contribution in [0.2, 0.25) is 0 Å². The minimum atomic E-state index is -0.387. The van der Waals surface area contributed by atoms with Crippen molar-refractivity contribution in [2.75, 3.05) is 5.84 Å². The summed E-state index contributed by atoms with van der Waals surface area (Å²) in [6.45, 7) is 1.32. The third-order valence-electron chi connectivity index (χ3n) is 1.03. The summed E-state index contributed by atoms with van der Waals surface area (Å²) in [4.78, 5) is 10.5. The molecule has 60 valence electrons. The van der Waals surface area contributed by atoms with E-state index in [1.165, 1.54) is 11.6 Å². The van der Waals surface area contributed by atoms with E-state index in [2.05, 4.69) is 15.9 Å². The number of ether oxygens (including phenoxy) is 1. The first-order valence-electron chi connectivity index (χ1n) is 2.91. The van der Waals surface area contributed by atoms with Gasteiger partial charge in [-0.1, -0.05) is 0 Å². The fourth-order valence-electron chi connectivity index (χ4n) is 0.656. The summed E-state index contributed by atoms with van der Waals surface area (Å²) in [5, 5.41) is 0. The normalized spacial score (nSPS) is 9.64. The van der Waals surface area contributed by atoms with E-state index in [0.29, 0.717) is 5.88 Å². The minimum absolute atomic E-state index is 0.323. The maximum Gasteiger partial charge on any atom is 0.309 e. The number of hydrogen-bond donors (Lipinski definition) is 1. The SMILES string of the molecule is CC(=O)Oc1cc(Br)cn1N. The van der Waals surface area contributed by atoms with E-state index in [9.17, 15) is 4.79 Å². The van der Waals surface area contributed by atoms with Gasteiger partial charge in [0.05, 0.1) is 0 Å². The molecule has 11 heavy (non-hydrogen) atoms. The van der Waals surface area contributed by atoms with Crippen LogP contribution in [-0.2, 0) is 4.79 Å². The molecule has 0 bridgehead atoms. The van der Waals surface area contributed by atoms with Crippen LogP contribution in [0.4, 0.5) is 0 Å². The Balaban J connectivity index is 2.85. The molecule has 0 fully saturated rings. The fourth-order valence-corrected chi connectivity index (χ4v) is 1.07. The first-order chi connectivity index (χ1) is 5.09. The van der Waals surface area contributed by atoms with Crippen molar-refractivity contribution < 1.29 is 9.53 Å². The van der Waals surface area contributed by atoms with Crippen molar-refractivity contribution in [3.8, 4) is 5.88 Å². The number of nitrogens with zero attached hydrogens (tertiary/aromatic N) is 1. The van der Waals surface area contributed by atoms with Gasteiger partial charge in [0, 0.05) is 23.7 Å². The standard InChI is InChI=1S/C6H7BrN2O2/c1-4(10)11-6-2-5(7)3-9(6)8/h2-3H,8H2,1H3. The Morgan fingerprint density at radius 2 is 2.45 bits per heavy atom. The molecule has 0 radical (unpaired) electrons. The monoisotopic (exact) mass is 218 g/mol. The number of nitrogen functional groups attached to an aromatic ring is 1. The molecule has 0 atom stereocenters. The molecular formula is C6H7BrN2O2. The third-order valence-corrected chi connectivity index (χ3v) is 1.46. The predicted molar refractivity (Wildman–Crippen MR) is 43.6 cm³/mol. The molecule has 0 aliphatic heterocycles. The Hall–Kier alpha value is -0.970. The van der Waals surface area contributed by atoms with E-state index < -0.39 is 0 Å². The van der Waals surface area contributed by atoms with Crippen molar-refractivity contribution >= 4 is 21.9 Å². The quantitative estimate of drug-likeness (QED) is 0.563. The smallest absolute Gasteiger partial charge is 0.309 e. The molecule has 4 nitrogen and oxygen atoms in total. The molecule has 2 N–H and O–H groups in total. The zero-order chi connectivity index (χ0) is 8.43. The zero-order valence-corrected chi connectivity index (χ0v) is 7.46. The number of aromatic nitrogens is 1. The van der Waals surface area contributed by atoms with E-state index in [1.807, 2.05) is 0 Å². The Labute approximate surface area is 72.0 Å². The Kier molecular flexibility index (Phi) is 2.19. The van der Waals surface area contributed by atoms with Crippen LogP contribution in [0.25, 0.3) is 0 Å². The topological polar surface area (TPSA) is 57.2 Å². The average Bonchev–Trinajstić information content (AvgIpc) is 2.09. The second-order valence-corrected chi connectivity index (χ2v) is 2.91. The maximum atomic E-state index is 10.5. The molecule has 1 rings (SSSR count). The molecular weight excluding hydrogens is 212 g/mol. The first kappa shape index (κ1) is 8.13. The molecule has 0 aromatic carbocycles. The van der Waals surface area contributed by atoms with Gasteiger partial charge in [-0.2, -0.15) is 0 Å². The molecule has 1 aromatic heterocycles. The number of hydrogen-bond acceptors (Lipinski definition) is 3. The number of nitrogens with two attached hydrogens (primary N) is 1. The number of carbonyl (C=O) groups is 1. The molecule has 0 saturated carbocycles. The molecule has 0 aliphatic carbocycles. The molecule has 0 unspecified atom stereocenters. The lowest BCUT2D eigenvalue weighted by Gasteiger charge is -1.99.